The maximum Gasteiger partial charge on any atom is 0.213 e. The molecular weight excluding hydrogens is 267 g/mol. The molecule has 0 radical (unpaired) electrons. The number of aromatic nitrogens is 1. The van der Waals surface area contributed by atoms with Crippen LogP contribution in [0.4, 0.5) is 13.2 Å². The molecule has 3 rings (SSSR count). The molecule has 0 atom stereocenters. The highest BCUT2D eigenvalue weighted by molar-refractivity contribution is 5.59. The first-order valence-electron chi connectivity index (χ1n) is 6.38. The van der Waals surface area contributed by atoms with Crippen LogP contribution in [-0.4, -0.2) is 11.6 Å². The van der Waals surface area contributed by atoms with Gasteiger partial charge in [-0.25, -0.2) is 18.2 Å². The van der Waals surface area contributed by atoms with E-state index in [1.165, 1.54) is 0 Å². The van der Waals surface area contributed by atoms with Crippen molar-refractivity contribution >= 4 is 0 Å². The van der Waals surface area contributed by atoms with Crippen LogP contribution in [0, 0.1) is 23.4 Å². The third kappa shape index (κ3) is 2.76. The van der Waals surface area contributed by atoms with Gasteiger partial charge in [0.15, 0.2) is 17.5 Å². The third-order valence-corrected chi connectivity index (χ3v) is 3.17. The number of pyridine rings is 1. The molecule has 0 bridgehead atoms. The monoisotopic (exact) mass is 279 g/mol. The molecular formula is C15H12F3NO. The Morgan fingerprint density at radius 2 is 1.80 bits per heavy atom. The predicted molar refractivity (Wildman–Crippen MR) is 67.8 cm³/mol. The van der Waals surface area contributed by atoms with Gasteiger partial charge in [-0.15, -0.1) is 0 Å². The van der Waals surface area contributed by atoms with Crippen molar-refractivity contribution in [2.24, 2.45) is 5.92 Å². The first-order valence-corrected chi connectivity index (χ1v) is 6.38. The molecule has 0 saturated heterocycles. The largest absolute Gasteiger partial charge is 0.477 e. The number of nitrogens with zero attached hydrogens (tertiary/aromatic N) is 1. The lowest BCUT2D eigenvalue weighted by Crippen LogP contribution is -2.01. The van der Waals surface area contributed by atoms with Gasteiger partial charge >= 0.3 is 0 Å². The van der Waals surface area contributed by atoms with E-state index in [9.17, 15) is 13.2 Å². The number of hydrogen-bond acceptors (Lipinski definition) is 2. The first-order chi connectivity index (χ1) is 9.63. The molecule has 20 heavy (non-hydrogen) atoms. The summed E-state index contributed by atoms with van der Waals surface area (Å²) in [5.74, 6) is -2.95. The zero-order valence-corrected chi connectivity index (χ0v) is 10.6. The summed E-state index contributed by atoms with van der Waals surface area (Å²) in [4.78, 5) is 4.18. The van der Waals surface area contributed by atoms with Crippen molar-refractivity contribution < 1.29 is 17.9 Å². The Labute approximate surface area is 114 Å². The molecule has 0 N–H and O–H groups in total. The van der Waals surface area contributed by atoms with Gasteiger partial charge < -0.3 is 4.74 Å². The minimum Gasteiger partial charge on any atom is -0.477 e. The molecule has 1 heterocycles. The maximum absolute atomic E-state index is 13.2. The summed E-state index contributed by atoms with van der Waals surface area (Å²) in [6.45, 7) is 0.600. The molecule has 1 fully saturated rings. The maximum atomic E-state index is 13.2. The lowest BCUT2D eigenvalue weighted by atomic mass is 10.1. The Balaban J connectivity index is 1.87. The highest BCUT2D eigenvalue weighted by Gasteiger charge is 2.22. The van der Waals surface area contributed by atoms with E-state index < -0.39 is 17.5 Å². The second-order valence-electron chi connectivity index (χ2n) is 4.87. The van der Waals surface area contributed by atoms with Crippen molar-refractivity contribution in [3.8, 4) is 17.1 Å². The van der Waals surface area contributed by atoms with Gasteiger partial charge in [-0.05, 0) is 37.0 Å². The van der Waals surface area contributed by atoms with Crippen LogP contribution in [0.1, 0.15) is 12.8 Å². The van der Waals surface area contributed by atoms with Crippen LogP contribution in [0.5, 0.6) is 5.88 Å². The fourth-order valence-electron chi connectivity index (χ4n) is 1.85. The van der Waals surface area contributed by atoms with Gasteiger partial charge in [0.1, 0.15) is 0 Å². The van der Waals surface area contributed by atoms with Crippen LogP contribution in [-0.2, 0) is 0 Å². The molecule has 0 aliphatic heterocycles. The van der Waals surface area contributed by atoms with Gasteiger partial charge in [0.05, 0.1) is 12.3 Å². The number of ether oxygens (including phenoxy) is 1. The molecule has 2 aromatic rings. The number of benzene rings is 1. The Morgan fingerprint density at radius 1 is 1.10 bits per heavy atom. The van der Waals surface area contributed by atoms with Crippen molar-refractivity contribution in [2.45, 2.75) is 12.8 Å². The van der Waals surface area contributed by atoms with Gasteiger partial charge in [-0.2, -0.15) is 0 Å². The topological polar surface area (TPSA) is 22.1 Å². The SMILES string of the molecule is Fc1cc(-c2cccc(OCC3CC3)n2)cc(F)c1F. The third-order valence-electron chi connectivity index (χ3n) is 3.17. The van der Waals surface area contributed by atoms with E-state index in [1.807, 2.05) is 0 Å². The molecule has 1 aliphatic rings. The number of rotatable bonds is 4. The molecule has 0 unspecified atom stereocenters. The summed E-state index contributed by atoms with van der Waals surface area (Å²) in [6, 6.07) is 6.80. The quantitative estimate of drug-likeness (QED) is 0.790. The van der Waals surface area contributed by atoms with Gasteiger partial charge in [-0.3, -0.25) is 0 Å². The minimum atomic E-state index is -1.48. The first kappa shape index (κ1) is 13.0. The van der Waals surface area contributed by atoms with Crippen molar-refractivity contribution in [1.29, 1.82) is 0 Å². The Morgan fingerprint density at radius 3 is 2.45 bits per heavy atom. The average Bonchev–Trinajstić information content (AvgIpc) is 3.26. The number of hydrogen-bond donors (Lipinski definition) is 0. The summed E-state index contributed by atoms with van der Waals surface area (Å²) in [6.07, 6.45) is 2.32. The van der Waals surface area contributed by atoms with Crippen LogP contribution in [0.2, 0.25) is 0 Å². The van der Waals surface area contributed by atoms with E-state index in [2.05, 4.69) is 4.98 Å². The van der Waals surface area contributed by atoms with Gasteiger partial charge in [0, 0.05) is 11.6 Å². The van der Waals surface area contributed by atoms with Gasteiger partial charge in [-0.1, -0.05) is 6.07 Å². The second-order valence-corrected chi connectivity index (χ2v) is 4.87. The summed E-state index contributed by atoms with van der Waals surface area (Å²) >= 11 is 0. The lowest BCUT2D eigenvalue weighted by molar-refractivity contribution is 0.289. The van der Waals surface area contributed by atoms with Gasteiger partial charge in [0.25, 0.3) is 0 Å². The van der Waals surface area contributed by atoms with Crippen molar-refractivity contribution in [1.82, 2.24) is 4.98 Å². The smallest absolute Gasteiger partial charge is 0.213 e. The fourth-order valence-corrected chi connectivity index (χ4v) is 1.85. The average molecular weight is 279 g/mol. The summed E-state index contributed by atoms with van der Waals surface area (Å²) in [5, 5.41) is 0. The summed E-state index contributed by atoms with van der Waals surface area (Å²) in [7, 11) is 0. The molecule has 5 heteroatoms. The van der Waals surface area contributed by atoms with Crippen molar-refractivity contribution in [3.05, 3.63) is 47.8 Å². The van der Waals surface area contributed by atoms with E-state index in [0.29, 0.717) is 24.1 Å². The Kier molecular flexibility index (Phi) is 3.34. The molecule has 1 saturated carbocycles. The van der Waals surface area contributed by atoms with E-state index in [4.69, 9.17) is 4.74 Å². The molecule has 0 amide bonds. The molecule has 2 nitrogen and oxygen atoms in total. The van der Waals surface area contributed by atoms with Crippen LogP contribution in [0.15, 0.2) is 30.3 Å². The standard InChI is InChI=1S/C15H12F3NO/c16-11-6-10(7-12(17)15(11)18)13-2-1-3-14(19-13)20-8-9-4-5-9/h1-3,6-7,9H,4-5,8H2. The van der Waals surface area contributed by atoms with E-state index in [-0.39, 0.29) is 5.56 Å². The summed E-state index contributed by atoms with van der Waals surface area (Å²) in [5.41, 5.74) is 0.523. The highest BCUT2D eigenvalue weighted by atomic mass is 19.2. The Hall–Kier alpha value is -2.04. The van der Waals surface area contributed by atoms with Gasteiger partial charge in [0.2, 0.25) is 5.88 Å². The van der Waals surface area contributed by atoms with Crippen LogP contribution in [0.25, 0.3) is 11.3 Å². The van der Waals surface area contributed by atoms with E-state index in [0.717, 1.165) is 25.0 Å². The summed E-state index contributed by atoms with van der Waals surface area (Å²) < 4.78 is 44.9. The van der Waals surface area contributed by atoms with Crippen LogP contribution < -0.4 is 4.74 Å². The molecule has 0 spiro atoms. The van der Waals surface area contributed by atoms with Crippen molar-refractivity contribution in [3.63, 3.8) is 0 Å². The van der Waals surface area contributed by atoms with Crippen molar-refractivity contribution in [2.75, 3.05) is 6.61 Å². The highest BCUT2D eigenvalue weighted by Crippen LogP contribution is 2.30. The minimum absolute atomic E-state index is 0.179. The molecule has 1 aromatic carbocycles. The van der Waals surface area contributed by atoms with Crippen LogP contribution >= 0.6 is 0 Å². The second kappa shape index (κ2) is 5.15. The zero-order chi connectivity index (χ0) is 14.1. The van der Waals surface area contributed by atoms with E-state index >= 15 is 0 Å². The lowest BCUT2D eigenvalue weighted by Gasteiger charge is -2.07. The molecule has 1 aromatic heterocycles. The predicted octanol–water partition coefficient (Wildman–Crippen LogP) is 3.95. The number of halogens is 3. The van der Waals surface area contributed by atoms with E-state index in [1.54, 1.807) is 18.2 Å². The normalized spacial score (nSPS) is 14.3. The molecule has 104 valence electrons. The zero-order valence-electron chi connectivity index (χ0n) is 10.6. The molecule has 1 aliphatic carbocycles. The fraction of sp³-hybridized carbons (Fsp3) is 0.267. The van der Waals surface area contributed by atoms with Crippen LogP contribution in [0.3, 0.4) is 0 Å². The Bertz CT molecular complexity index is 618.